The summed E-state index contributed by atoms with van der Waals surface area (Å²) >= 11 is 24.2. The lowest BCUT2D eigenvalue weighted by atomic mass is 10.1. The molecule has 0 unspecified atom stereocenters. The lowest BCUT2D eigenvalue weighted by Crippen LogP contribution is -2.24. The predicted octanol–water partition coefficient (Wildman–Crippen LogP) is 5.10. The van der Waals surface area contributed by atoms with Gasteiger partial charge < -0.3 is 9.47 Å². The van der Waals surface area contributed by atoms with Gasteiger partial charge in [0.1, 0.15) is 0 Å². The van der Waals surface area contributed by atoms with Crippen molar-refractivity contribution in [2.75, 3.05) is 0 Å². The average Bonchev–Trinajstić information content (AvgIpc) is 2.46. The minimum atomic E-state index is -2.01. The van der Waals surface area contributed by atoms with Crippen molar-refractivity contribution in [1.29, 1.82) is 0 Å². The summed E-state index contributed by atoms with van der Waals surface area (Å²) in [5.74, 6) is -1.55. The van der Waals surface area contributed by atoms with Gasteiger partial charge in [0.05, 0.1) is 0 Å². The van der Waals surface area contributed by atoms with Gasteiger partial charge in [-0.25, -0.2) is 9.59 Å². The number of hydrogen-bond donors (Lipinski definition) is 0. The van der Waals surface area contributed by atoms with E-state index in [1.807, 2.05) is 0 Å². The molecule has 0 saturated carbocycles. The molecule has 0 aromatic heterocycles. The molecule has 0 saturated heterocycles. The fourth-order valence-corrected chi connectivity index (χ4v) is 2.16. The molecule has 0 aliphatic carbocycles. The number of alkyl halides is 4. The highest BCUT2D eigenvalue weighted by Crippen LogP contribution is 2.41. The van der Waals surface area contributed by atoms with E-state index in [1.54, 1.807) is 0 Å². The number of rotatable bonds is 6. The standard InChI is InChI=1S/C16H14Cl4O4/c1-9(2)13(21)23-15(17,18)11-6-5-7-12(8-11)16(19,20)24-14(22)10(3)4/h5-8H,1,3H2,2,4H3. The molecule has 0 N–H and O–H groups in total. The number of carbonyl (C=O) groups is 2. The molecule has 130 valence electrons. The topological polar surface area (TPSA) is 52.6 Å². The first-order chi connectivity index (χ1) is 10.9. The molecular weight excluding hydrogens is 398 g/mol. The van der Waals surface area contributed by atoms with Crippen LogP contribution >= 0.6 is 46.4 Å². The molecular formula is C16H14Cl4O4. The largest absolute Gasteiger partial charge is 0.421 e. The van der Waals surface area contributed by atoms with Crippen LogP contribution in [-0.2, 0) is 28.1 Å². The Morgan fingerprint density at radius 1 is 0.875 bits per heavy atom. The smallest absolute Gasteiger partial charge is 0.336 e. The predicted molar refractivity (Wildman–Crippen MR) is 95.0 cm³/mol. The Balaban J connectivity index is 3.13. The summed E-state index contributed by atoms with van der Waals surface area (Å²) < 4.78 is 5.90. The quantitative estimate of drug-likeness (QED) is 0.371. The zero-order chi connectivity index (χ0) is 18.7. The van der Waals surface area contributed by atoms with Gasteiger partial charge in [-0.1, -0.05) is 77.8 Å². The maximum Gasteiger partial charge on any atom is 0.336 e. The van der Waals surface area contributed by atoms with Crippen molar-refractivity contribution in [3.05, 3.63) is 59.7 Å². The summed E-state index contributed by atoms with van der Waals surface area (Å²) in [6, 6.07) is 5.82. The molecule has 1 aromatic rings. The molecule has 0 atom stereocenters. The van der Waals surface area contributed by atoms with Crippen molar-refractivity contribution in [3.63, 3.8) is 0 Å². The molecule has 0 aliphatic rings. The van der Waals surface area contributed by atoms with Crippen LogP contribution in [-0.4, -0.2) is 11.9 Å². The van der Waals surface area contributed by atoms with Gasteiger partial charge in [-0.2, -0.15) is 0 Å². The third-order valence-electron chi connectivity index (χ3n) is 2.67. The molecule has 0 spiro atoms. The van der Waals surface area contributed by atoms with Gasteiger partial charge in [0.2, 0.25) is 0 Å². The number of benzene rings is 1. The third kappa shape index (κ3) is 5.42. The van der Waals surface area contributed by atoms with Crippen LogP contribution in [0, 0.1) is 0 Å². The maximum absolute atomic E-state index is 11.6. The fraction of sp³-hybridized carbons (Fsp3) is 0.250. The van der Waals surface area contributed by atoms with E-state index in [2.05, 4.69) is 13.2 Å². The zero-order valence-electron chi connectivity index (χ0n) is 12.9. The molecule has 0 amide bonds. The van der Waals surface area contributed by atoms with Crippen LogP contribution < -0.4 is 0 Å². The molecule has 0 bridgehead atoms. The summed E-state index contributed by atoms with van der Waals surface area (Å²) in [5, 5.41) is 0. The Kier molecular flexibility index (Phi) is 6.76. The Morgan fingerprint density at radius 3 is 1.50 bits per heavy atom. The normalized spacial score (nSPS) is 11.6. The number of halogens is 4. The van der Waals surface area contributed by atoms with Crippen molar-refractivity contribution in [1.82, 2.24) is 0 Å². The van der Waals surface area contributed by atoms with Gasteiger partial charge in [-0.3, -0.25) is 0 Å². The highest BCUT2D eigenvalue weighted by atomic mass is 35.5. The number of carbonyl (C=O) groups excluding carboxylic acids is 2. The highest BCUT2D eigenvalue weighted by Gasteiger charge is 2.36. The molecule has 1 aromatic carbocycles. The van der Waals surface area contributed by atoms with Gasteiger partial charge in [0.15, 0.2) is 0 Å². The van der Waals surface area contributed by atoms with E-state index in [0.29, 0.717) is 0 Å². The Hall–Kier alpha value is -1.20. The molecule has 0 radical (unpaired) electrons. The van der Waals surface area contributed by atoms with Crippen LogP contribution in [0.4, 0.5) is 0 Å². The van der Waals surface area contributed by atoms with Gasteiger partial charge >= 0.3 is 11.9 Å². The molecule has 1 rings (SSSR count). The van der Waals surface area contributed by atoms with Gasteiger partial charge in [-0.15, -0.1) is 0 Å². The second-order valence-electron chi connectivity index (χ2n) is 4.95. The highest BCUT2D eigenvalue weighted by molar-refractivity contribution is 6.48. The molecule has 24 heavy (non-hydrogen) atoms. The SMILES string of the molecule is C=C(C)C(=O)OC(Cl)(Cl)c1cccc(C(Cl)(Cl)OC(=O)C(=C)C)c1. The second kappa shape index (κ2) is 7.79. The summed E-state index contributed by atoms with van der Waals surface area (Å²) in [6.07, 6.45) is 0. The first kappa shape index (κ1) is 20.8. The minimum Gasteiger partial charge on any atom is -0.421 e. The van der Waals surface area contributed by atoms with Crippen molar-refractivity contribution in [3.8, 4) is 0 Å². The molecule has 4 nitrogen and oxygen atoms in total. The van der Waals surface area contributed by atoms with Crippen molar-refractivity contribution in [2.45, 2.75) is 22.9 Å². The van der Waals surface area contributed by atoms with E-state index in [1.165, 1.54) is 38.1 Å². The van der Waals surface area contributed by atoms with Gasteiger partial charge in [0, 0.05) is 22.3 Å². The van der Waals surface area contributed by atoms with E-state index >= 15 is 0 Å². The van der Waals surface area contributed by atoms with E-state index in [4.69, 9.17) is 55.9 Å². The van der Waals surface area contributed by atoms with Crippen LogP contribution in [0.25, 0.3) is 0 Å². The first-order valence-electron chi connectivity index (χ1n) is 6.51. The first-order valence-corrected chi connectivity index (χ1v) is 8.02. The number of esters is 2. The second-order valence-corrected chi connectivity index (χ2v) is 7.47. The Labute approximate surface area is 159 Å². The minimum absolute atomic E-state index is 0.122. The summed E-state index contributed by atoms with van der Waals surface area (Å²) in [6.45, 7) is 9.77. The lowest BCUT2D eigenvalue weighted by molar-refractivity contribution is -0.143. The van der Waals surface area contributed by atoms with Crippen LogP contribution in [0.3, 0.4) is 0 Å². The maximum atomic E-state index is 11.6. The van der Waals surface area contributed by atoms with Gasteiger partial charge in [0.25, 0.3) is 9.04 Å². The van der Waals surface area contributed by atoms with Crippen molar-refractivity contribution >= 4 is 58.3 Å². The Morgan fingerprint density at radius 2 is 1.21 bits per heavy atom. The third-order valence-corrected chi connectivity index (χ3v) is 3.85. The van der Waals surface area contributed by atoms with Crippen molar-refractivity contribution in [2.24, 2.45) is 0 Å². The molecule has 0 aliphatic heterocycles. The van der Waals surface area contributed by atoms with Crippen LogP contribution in [0.15, 0.2) is 48.6 Å². The fourth-order valence-electron chi connectivity index (χ4n) is 1.41. The molecule has 0 fully saturated rings. The zero-order valence-corrected chi connectivity index (χ0v) is 15.9. The monoisotopic (exact) mass is 410 g/mol. The number of hydrogen-bond acceptors (Lipinski definition) is 4. The summed E-state index contributed by atoms with van der Waals surface area (Å²) in [5.41, 5.74) is 0.567. The lowest BCUT2D eigenvalue weighted by Gasteiger charge is -2.24. The van der Waals surface area contributed by atoms with E-state index in [9.17, 15) is 9.59 Å². The summed E-state index contributed by atoms with van der Waals surface area (Å²) in [7, 11) is 0. The molecule has 0 heterocycles. The van der Waals surface area contributed by atoms with E-state index < -0.39 is 21.0 Å². The van der Waals surface area contributed by atoms with Crippen molar-refractivity contribution < 1.29 is 19.1 Å². The van der Waals surface area contributed by atoms with E-state index in [-0.39, 0.29) is 22.3 Å². The average molecular weight is 412 g/mol. The van der Waals surface area contributed by atoms with Crippen LogP contribution in [0.1, 0.15) is 25.0 Å². The molecule has 8 heteroatoms. The van der Waals surface area contributed by atoms with Crippen LogP contribution in [0.5, 0.6) is 0 Å². The van der Waals surface area contributed by atoms with E-state index in [0.717, 1.165) is 0 Å². The van der Waals surface area contributed by atoms with Crippen LogP contribution in [0.2, 0.25) is 0 Å². The number of ether oxygens (including phenoxy) is 2. The summed E-state index contributed by atoms with van der Waals surface area (Å²) in [4.78, 5) is 23.2. The van der Waals surface area contributed by atoms with Gasteiger partial charge in [-0.05, 0) is 19.9 Å². The Bertz CT molecular complexity index is 640.